The highest BCUT2D eigenvalue weighted by Crippen LogP contribution is 2.33. The maximum atomic E-state index is 14.1. The number of benzene rings is 1. The van der Waals surface area contributed by atoms with E-state index in [2.05, 4.69) is 5.32 Å². The van der Waals surface area contributed by atoms with Gasteiger partial charge in [0, 0.05) is 28.8 Å². The molecule has 1 aromatic carbocycles. The second kappa shape index (κ2) is 6.54. The lowest BCUT2D eigenvalue weighted by Crippen LogP contribution is -2.36. The number of hydrogen-bond donors (Lipinski definition) is 1. The summed E-state index contributed by atoms with van der Waals surface area (Å²) in [6.07, 6.45) is 0. The van der Waals surface area contributed by atoms with E-state index in [1.165, 1.54) is 17.4 Å². The summed E-state index contributed by atoms with van der Waals surface area (Å²) >= 11 is 1.31. The molecule has 2 aromatic rings. The second-order valence-corrected chi connectivity index (χ2v) is 6.51. The number of carbonyl (C=O) groups is 1. The Morgan fingerprint density at radius 3 is 2.71 bits per heavy atom. The Hall–Kier alpha value is -1.46. The van der Waals surface area contributed by atoms with Crippen molar-refractivity contribution in [3.8, 4) is 0 Å². The Balaban J connectivity index is 2.45. The molecule has 0 saturated carbocycles. The number of ether oxygens (including phenoxy) is 1. The highest BCUT2D eigenvalue weighted by Gasteiger charge is 2.22. The van der Waals surface area contributed by atoms with Crippen LogP contribution in [0.5, 0.6) is 0 Å². The standard InChI is InChI=1S/C16H20FNO2S/c1-9(2)10(3)18-16(19)15-11(8-20-4)14-12(17)6-5-7-13(14)21-15/h5-7,9-10H,8H2,1-4H3,(H,18,19). The number of hydrogen-bond acceptors (Lipinski definition) is 3. The zero-order valence-electron chi connectivity index (χ0n) is 12.7. The fraction of sp³-hybridized carbons (Fsp3) is 0.438. The van der Waals surface area contributed by atoms with Crippen LogP contribution in [0.3, 0.4) is 0 Å². The summed E-state index contributed by atoms with van der Waals surface area (Å²) in [6, 6.07) is 4.95. The molecule has 1 unspecified atom stereocenters. The summed E-state index contributed by atoms with van der Waals surface area (Å²) < 4.78 is 20.0. The molecule has 0 bridgehead atoms. The Kier molecular flexibility index (Phi) is 4.96. The molecule has 21 heavy (non-hydrogen) atoms. The molecule has 1 atom stereocenters. The molecular formula is C16H20FNO2S. The van der Waals surface area contributed by atoms with Crippen molar-refractivity contribution < 1.29 is 13.9 Å². The molecule has 2 rings (SSSR count). The minimum Gasteiger partial charge on any atom is -0.380 e. The number of thiophene rings is 1. The maximum absolute atomic E-state index is 14.1. The molecule has 1 N–H and O–H groups in total. The van der Waals surface area contributed by atoms with E-state index in [0.29, 0.717) is 21.7 Å². The number of fused-ring (bicyclic) bond motifs is 1. The van der Waals surface area contributed by atoms with E-state index < -0.39 is 0 Å². The number of halogens is 1. The molecule has 1 amide bonds. The van der Waals surface area contributed by atoms with Crippen LogP contribution in [-0.2, 0) is 11.3 Å². The van der Waals surface area contributed by atoms with Crippen LogP contribution in [0.25, 0.3) is 10.1 Å². The van der Waals surface area contributed by atoms with Crippen LogP contribution in [-0.4, -0.2) is 19.1 Å². The normalized spacial score (nSPS) is 12.9. The van der Waals surface area contributed by atoms with E-state index in [-0.39, 0.29) is 24.4 Å². The third-order valence-electron chi connectivity index (χ3n) is 3.62. The fourth-order valence-corrected chi connectivity index (χ4v) is 3.20. The van der Waals surface area contributed by atoms with Crippen LogP contribution >= 0.6 is 11.3 Å². The molecular weight excluding hydrogens is 289 g/mol. The van der Waals surface area contributed by atoms with Crippen molar-refractivity contribution in [1.82, 2.24) is 5.32 Å². The number of nitrogens with one attached hydrogen (secondary N) is 1. The largest absolute Gasteiger partial charge is 0.380 e. The number of carbonyl (C=O) groups excluding carboxylic acids is 1. The van der Waals surface area contributed by atoms with E-state index in [4.69, 9.17) is 4.74 Å². The van der Waals surface area contributed by atoms with Crippen LogP contribution < -0.4 is 5.32 Å². The van der Waals surface area contributed by atoms with Gasteiger partial charge in [0.2, 0.25) is 0 Å². The molecule has 3 nitrogen and oxygen atoms in total. The van der Waals surface area contributed by atoms with Crippen molar-refractivity contribution in [2.45, 2.75) is 33.4 Å². The van der Waals surface area contributed by atoms with E-state index in [9.17, 15) is 9.18 Å². The van der Waals surface area contributed by atoms with E-state index in [0.717, 1.165) is 4.70 Å². The molecule has 0 saturated heterocycles. The summed E-state index contributed by atoms with van der Waals surface area (Å²) in [5, 5.41) is 3.46. The van der Waals surface area contributed by atoms with E-state index >= 15 is 0 Å². The van der Waals surface area contributed by atoms with Crippen molar-refractivity contribution in [2.24, 2.45) is 5.92 Å². The Bertz CT molecular complexity index is 651. The van der Waals surface area contributed by atoms with Gasteiger partial charge in [0.1, 0.15) is 5.82 Å². The van der Waals surface area contributed by atoms with Gasteiger partial charge in [0.25, 0.3) is 5.91 Å². The van der Waals surface area contributed by atoms with E-state index in [1.807, 2.05) is 26.8 Å². The third-order valence-corrected chi connectivity index (χ3v) is 4.81. The van der Waals surface area contributed by atoms with Crippen LogP contribution in [0.4, 0.5) is 4.39 Å². The highest BCUT2D eigenvalue weighted by atomic mass is 32.1. The van der Waals surface area contributed by atoms with Crippen molar-refractivity contribution >= 4 is 27.3 Å². The smallest absolute Gasteiger partial charge is 0.261 e. The molecule has 1 heterocycles. The first-order valence-corrected chi connectivity index (χ1v) is 7.77. The summed E-state index contributed by atoms with van der Waals surface area (Å²) in [7, 11) is 1.54. The summed E-state index contributed by atoms with van der Waals surface area (Å²) in [5.74, 6) is -0.137. The van der Waals surface area contributed by atoms with Gasteiger partial charge in [0.15, 0.2) is 0 Å². The lowest BCUT2D eigenvalue weighted by Gasteiger charge is -2.17. The van der Waals surface area contributed by atoms with Gasteiger partial charge >= 0.3 is 0 Å². The average Bonchev–Trinajstić information content (AvgIpc) is 2.79. The first kappa shape index (κ1) is 15.9. The Morgan fingerprint density at radius 2 is 2.10 bits per heavy atom. The predicted octanol–water partition coefficient (Wildman–Crippen LogP) is 3.96. The summed E-state index contributed by atoms with van der Waals surface area (Å²) in [6.45, 7) is 6.28. The summed E-state index contributed by atoms with van der Waals surface area (Å²) in [5.41, 5.74) is 0.629. The van der Waals surface area contributed by atoms with Gasteiger partial charge in [-0.1, -0.05) is 19.9 Å². The molecule has 5 heteroatoms. The first-order valence-electron chi connectivity index (χ1n) is 6.95. The molecule has 0 fully saturated rings. The maximum Gasteiger partial charge on any atom is 0.261 e. The van der Waals surface area contributed by atoms with Gasteiger partial charge in [-0.2, -0.15) is 0 Å². The summed E-state index contributed by atoms with van der Waals surface area (Å²) in [4.78, 5) is 13.0. The molecule has 0 spiro atoms. The quantitative estimate of drug-likeness (QED) is 0.908. The van der Waals surface area contributed by atoms with Crippen LogP contribution in [0.2, 0.25) is 0 Å². The van der Waals surface area contributed by atoms with Gasteiger partial charge in [-0.25, -0.2) is 4.39 Å². The van der Waals surface area contributed by atoms with Gasteiger partial charge in [-0.05, 0) is 25.0 Å². The van der Waals surface area contributed by atoms with Crippen LogP contribution in [0.15, 0.2) is 18.2 Å². The predicted molar refractivity (Wildman–Crippen MR) is 84.3 cm³/mol. The molecule has 1 aromatic heterocycles. The third kappa shape index (κ3) is 3.24. The molecule has 0 aliphatic rings. The van der Waals surface area contributed by atoms with Gasteiger partial charge in [0.05, 0.1) is 11.5 Å². The Labute approximate surface area is 128 Å². The zero-order chi connectivity index (χ0) is 15.6. The minimum absolute atomic E-state index is 0.0583. The van der Waals surface area contributed by atoms with Crippen molar-refractivity contribution in [1.29, 1.82) is 0 Å². The SMILES string of the molecule is COCc1c(C(=O)NC(C)C(C)C)sc2cccc(F)c12. The number of rotatable bonds is 5. The topological polar surface area (TPSA) is 38.3 Å². The molecule has 114 valence electrons. The molecule has 0 radical (unpaired) electrons. The molecule has 0 aliphatic heterocycles. The highest BCUT2D eigenvalue weighted by molar-refractivity contribution is 7.21. The zero-order valence-corrected chi connectivity index (χ0v) is 13.5. The molecule has 0 aliphatic carbocycles. The minimum atomic E-state index is -0.313. The number of amides is 1. The monoisotopic (exact) mass is 309 g/mol. The van der Waals surface area contributed by atoms with Crippen molar-refractivity contribution in [3.63, 3.8) is 0 Å². The van der Waals surface area contributed by atoms with Crippen LogP contribution in [0, 0.1) is 11.7 Å². The fourth-order valence-electron chi connectivity index (χ4n) is 2.07. The van der Waals surface area contributed by atoms with Gasteiger partial charge in [-0.15, -0.1) is 11.3 Å². The lowest BCUT2D eigenvalue weighted by atomic mass is 10.1. The van der Waals surface area contributed by atoms with Gasteiger partial charge in [-0.3, -0.25) is 4.79 Å². The van der Waals surface area contributed by atoms with Crippen molar-refractivity contribution in [3.05, 3.63) is 34.5 Å². The Morgan fingerprint density at radius 1 is 1.38 bits per heavy atom. The first-order chi connectivity index (χ1) is 9.95. The van der Waals surface area contributed by atoms with Gasteiger partial charge < -0.3 is 10.1 Å². The van der Waals surface area contributed by atoms with E-state index in [1.54, 1.807) is 13.2 Å². The van der Waals surface area contributed by atoms with Crippen molar-refractivity contribution in [2.75, 3.05) is 7.11 Å². The lowest BCUT2D eigenvalue weighted by molar-refractivity contribution is 0.0930. The van der Waals surface area contributed by atoms with Crippen LogP contribution in [0.1, 0.15) is 36.0 Å². The second-order valence-electron chi connectivity index (χ2n) is 5.46. The average molecular weight is 309 g/mol. The number of methoxy groups -OCH3 is 1.